The summed E-state index contributed by atoms with van der Waals surface area (Å²) >= 11 is 9.33. The van der Waals surface area contributed by atoms with E-state index in [1.807, 2.05) is 18.2 Å². The lowest BCUT2D eigenvalue weighted by Crippen LogP contribution is -1.93. The van der Waals surface area contributed by atoms with E-state index >= 15 is 0 Å². The Kier molecular flexibility index (Phi) is 2.18. The van der Waals surface area contributed by atoms with Gasteiger partial charge in [-0.05, 0) is 47.0 Å². The van der Waals surface area contributed by atoms with E-state index in [2.05, 4.69) is 25.9 Å². The summed E-state index contributed by atoms with van der Waals surface area (Å²) in [5, 5.41) is 1.84. The molecule has 1 aliphatic carbocycles. The molecule has 0 amide bonds. The van der Waals surface area contributed by atoms with Crippen molar-refractivity contribution in [1.29, 1.82) is 0 Å². The molecule has 1 aromatic heterocycles. The van der Waals surface area contributed by atoms with Gasteiger partial charge in [-0.2, -0.15) is 0 Å². The van der Waals surface area contributed by atoms with E-state index < -0.39 is 0 Å². The zero-order valence-electron chi connectivity index (χ0n) is 7.87. The van der Waals surface area contributed by atoms with Crippen LogP contribution in [0.3, 0.4) is 0 Å². The highest BCUT2D eigenvalue weighted by molar-refractivity contribution is 9.10. The minimum absolute atomic E-state index is 0.602. The molecule has 15 heavy (non-hydrogen) atoms. The maximum Gasteiger partial charge on any atom is 0.197 e. The number of hydrogen-bond donors (Lipinski definition) is 0. The van der Waals surface area contributed by atoms with E-state index in [-0.39, 0.29) is 0 Å². The number of halogens is 2. The van der Waals surface area contributed by atoms with Crippen LogP contribution in [-0.4, -0.2) is 9.97 Å². The fourth-order valence-electron chi connectivity index (χ4n) is 1.76. The molecule has 0 N–H and O–H groups in total. The molecule has 1 fully saturated rings. The third-order valence-corrected chi connectivity index (χ3v) is 3.21. The van der Waals surface area contributed by atoms with Gasteiger partial charge in [0.05, 0.1) is 11.2 Å². The molecule has 3 rings (SSSR count). The molecule has 1 aliphatic rings. The van der Waals surface area contributed by atoms with Crippen LogP contribution in [0.2, 0.25) is 5.02 Å². The van der Waals surface area contributed by atoms with Crippen molar-refractivity contribution in [2.45, 2.75) is 18.8 Å². The lowest BCUT2D eigenvalue weighted by Gasteiger charge is -2.04. The van der Waals surface area contributed by atoms with Crippen molar-refractivity contribution in [3.8, 4) is 0 Å². The Morgan fingerprint density at radius 3 is 2.80 bits per heavy atom. The first-order valence-electron chi connectivity index (χ1n) is 4.87. The Labute approximate surface area is 101 Å². The summed E-state index contributed by atoms with van der Waals surface area (Å²) in [5.74, 6) is 0.602. The fraction of sp³-hybridized carbons (Fsp3) is 0.273. The molecule has 76 valence electrons. The van der Waals surface area contributed by atoms with E-state index in [1.54, 1.807) is 0 Å². The molecule has 0 saturated heterocycles. The molecule has 1 heterocycles. The smallest absolute Gasteiger partial charge is 0.197 e. The molecule has 2 nitrogen and oxygen atoms in total. The molecule has 1 saturated carbocycles. The largest absolute Gasteiger partial charge is 0.226 e. The third-order valence-electron chi connectivity index (χ3n) is 2.62. The van der Waals surface area contributed by atoms with Gasteiger partial charge in [-0.15, -0.1) is 0 Å². The summed E-state index contributed by atoms with van der Waals surface area (Å²) in [5.41, 5.74) is 2.09. The summed E-state index contributed by atoms with van der Waals surface area (Å²) in [4.78, 5) is 8.79. The maximum atomic E-state index is 5.99. The first kappa shape index (κ1) is 9.55. The summed E-state index contributed by atoms with van der Waals surface area (Å²) in [6.45, 7) is 0. The van der Waals surface area contributed by atoms with Crippen LogP contribution in [-0.2, 0) is 0 Å². The summed E-state index contributed by atoms with van der Waals surface area (Å²) in [6, 6.07) is 5.76. The third kappa shape index (κ3) is 1.74. The van der Waals surface area contributed by atoms with Crippen LogP contribution in [0.15, 0.2) is 22.9 Å². The van der Waals surface area contributed by atoms with E-state index in [4.69, 9.17) is 11.6 Å². The topological polar surface area (TPSA) is 25.8 Å². The van der Waals surface area contributed by atoms with Crippen molar-refractivity contribution in [2.24, 2.45) is 0 Å². The van der Waals surface area contributed by atoms with Crippen molar-refractivity contribution in [3.63, 3.8) is 0 Å². The molecule has 0 aliphatic heterocycles. The fourth-order valence-corrected chi connectivity index (χ4v) is 2.32. The lowest BCUT2D eigenvalue weighted by atomic mass is 10.1. The monoisotopic (exact) mass is 282 g/mol. The molecule has 0 radical (unpaired) electrons. The summed E-state index contributed by atoms with van der Waals surface area (Å²) < 4.78 is 0.666. The van der Waals surface area contributed by atoms with Gasteiger partial charge in [-0.3, -0.25) is 0 Å². The Hall–Kier alpha value is -0.670. The highest BCUT2D eigenvalue weighted by Gasteiger charge is 2.27. The van der Waals surface area contributed by atoms with Gasteiger partial charge in [0, 0.05) is 16.3 Å². The SMILES string of the molecule is Clc1ccc2nc(Br)nc(C3CC3)c2c1. The molecule has 4 heteroatoms. The van der Waals surface area contributed by atoms with E-state index in [1.165, 1.54) is 12.8 Å². The van der Waals surface area contributed by atoms with Crippen LogP contribution >= 0.6 is 27.5 Å². The maximum absolute atomic E-state index is 5.99. The highest BCUT2D eigenvalue weighted by Crippen LogP contribution is 2.42. The van der Waals surface area contributed by atoms with Crippen molar-refractivity contribution in [2.75, 3.05) is 0 Å². The zero-order valence-corrected chi connectivity index (χ0v) is 10.2. The van der Waals surface area contributed by atoms with Crippen molar-refractivity contribution < 1.29 is 0 Å². The second kappa shape index (κ2) is 3.42. The molecular weight excluding hydrogens is 275 g/mol. The number of rotatable bonds is 1. The van der Waals surface area contributed by atoms with Gasteiger partial charge >= 0.3 is 0 Å². The average Bonchev–Trinajstić information content (AvgIpc) is 3.01. The number of benzene rings is 1. The minimum Gasteiger partial charge on any atom is -0.226 e. The van der Waals surface area contributed by atoms with Gasteiger partial charge in [0.15, 0.2) is 4.73 Å². The molecule has 2 aromatic rings. The van der Waals surface area contributed by atoms with Gasteiger partial charge in [0.1, 0.15) is 0 Å². The van der Waals surface area contributed by atoms with Crippen LogP contribution in [0, 0.1) is 0 Å². The Balaban J connectivity index is 2.34. The number of fused-ring (bicyclic) bond motifs is 1. The van der Waals surface area contributed by atoms with Crippen LogP contribution in [0.1, 0.15) is 24.5 Å². The van der Waals surface area contributed by atoms with Crippen LogP contribution in [0.4, 0.5) is 0 Å². The Bertz CT molecular complexity index is 537. The first-order valence-corrected chi connectivity index (χ1v) is 6.04. The second-order valence-electron chi connectivity index (χ2n) is 3.81. The average molecular weight is 284 g/mol. The van der Waals surface area contributed by atoms with Gasteiger partial charge in [0.25, 0.3) is 0 Å². The van der Waals surface area contributed by atoms with E-state index in [0.717, 1.165) is 21.6 Å². The molecule has 1 aromatic carbocycles. The predicted octanol–water partition coefficient (Wildman–Crippen LogP) is 3.92. The van der Waals surface area contributed by atoms with Gasteiger partial charge in [0.2, 0.25) is 0 Å². The molecule has 0 bridgehead atoms. The molecule has 0 unspecified atom stereocenters. The summed E-state index contributed by atoms with van der Waals surface area (Å²) in [6.07, 6.45) is 2.45. The normalized spacial score (nSPS) is 15.9. The van der Waals surface area contributed by atoms with Gasteiger partial charge < -0.3 is 0 Å². The minimum atomic E-state index is 0.602. The molecule has 0 spiro atoms. The van der Waals surface area contributed by atoms with Crippen LogP contribution in [0.5, 0.6) is 0 Å². The standard InChI is InChI=1S/C11H8BrClN2/c12-11-14-9-4-3-7(13)5-8(9)10(15-11)6-1-2-6/h3-6H,1-2H2. The summed E-state index contributed by atoms with van der Waals surface area (Å²) in [7, 11) is 0. The van der Waals surface area contributed by atoms with Gasteiger partial charge in [-0.1, -0.05) is 11.6 Å². The Morgan fingerprint density at radius 1 is 1.27 bits per heavy atom. The quantitative estimate of drug-likeness (QED) is 0.741. The zero-order chi connectivity index (χ0) is 10.4. The van der Waals surface area contributed by atoms with Gasteiger partial charge in [-0.25, -0.2) is 9.97 Å². The van der Waals surface area contributed by atoms with Crippen LogP contribution < -0.4 is 0 Å². The predicted molar refractivity (Wildman–Crippen MR) is 64.2 cm³/mol. The number of aromatic nitrogens is 2. The highest BCUT2D eigenvalue weighted by atomic mass is 79.9. The van der Waals surface area contributed by atoms with Crippen LogP contribution in [0.25, 0.3) is 10.9 Å². The van der Waals surface area contributed by atoms with Crippen molar-refractivity contribution in [1.82, 2.24) is 9.97 Å². The van der Waals surface area contributed by atoms with Crippen molar-refractivity contribution >= 4 is 38.4 Å². The lowest BCUT2D eigenvalue weighted by molar-refractivity contribution is 0.996. The van der Waals surface area contributed by atoms with Crippen molar-refractivity contribution in [3.05, 3.63) is 33.6 Å². The van der Waals surface area contributed by atoms with E-state index in [0.29, 0.717) is 10.7 Å². The number of hydrogen-bond acceptors (Lipinski definition) is 2. The Morgan fingerprint density at radius 2 is 2.07 bits per heavy atom. The molecular formula is C11H8BrClN2. The molecule has 0 atom stereocenters. The van der Waals surface area contributed by atoms with E-state index in [9.17, 15) is 0 Å². The second-order valence-corrected chi connectivity index (χ2v) is 4.96. The first-order chi connectivity index (χ1) is 7.24. The number of nitrogens with zero attached hydrogens (tertiary/aromatic N) is 2.